The Bertz CT molecular complexity index is 151. The van der Waals surface area contributed by atoms with Crippen molar-refractivity contribution in [1.82, 2.24) is 5.32 Å². The summed E-state index contributed by atoms with van der Waals surface area (Å²) < 4.78 is 10.7. The first-order valence-corrected chi connectivity index (χ1v) is 6.38. The third kappa shape index (κ3) is 8.12. The molecule has 0 aliphatic heterocycles. The molecule has 0 bridgehead atoms. The van der Waals surface area contributed by atoms with Gasteiger partial charge < -0.3 is 9.87 Å². The minimum Gasteiger partial charge on any atom is -0.616 e. The average Bonchev–Trinajstić information content (AvgIpc) is 1.98. The van der Waals surface area contributed by atoms with Crippen LogP contribution >= 0.6 is 0 Å². The maximum absolute atomic E-state index is 11.1. The molecule has 2 atom stereocenters. The van der Waals surface area contributed by atoms with Crippen LogP contribution in [0.3, 0.4) is 0 Å². The van der Waals surface area contributed by atoms with Gasteiger partial charge in [0.15, 0.2) is 5.75 Å². The average molecular weight is 205 g/mol. The summed E-state index contributed by atoms with van der Waals surface area (Å²) in [6, 6.07) is 0.205. The SMILES string of the molecule is CCCCC(C)NC(=O)C[S+](C)[O-]. The fourth-order valence-corrected chi connectivity index (χ4v) is 1.54. The van der Waals surface area contributed by atoms with E-state index in [4.69, 9.17) is 0 Å². The molecule has 0 saturated heterocycles. The molecular formula is C9H19NO2S. The number of amides is 1. The zero-order chi connectivity index (χ0) is 10.3. The van der Waals surface area contributed by atoms with E-state index in [2.05, 4.69) is 12.2 Å². The molecule has 2 unspecified atom stereocenters. The highest BCUT2D eigenvalue weighted by molar-refractivity contribution is 7.91. The molecule has 0 heterocycles. The maximum Gasteiger partial charge on any atom is 0.270 e. The van der Waals surface area contributed by atoms with Crippen molar-refractivity contribution in [1.29, 1.82) is 0 Å². The molecule has 0 fully saturated rings. The molecule has 4 heteroatoms. The molecule has 0 aromatic carbocycles. The molecule has 3 nitrogen and oxygen atoms in total. The standard InChI is InChI=1S/C9H19NO2S/c1-4-5-6-8(2)10-9(11)7-13(3)12/h8H,4-7H2,1-3H3,(H,10,11). The summed E-state index contributed by atoms with van der Waals surface area (Å²) in [5.74, 6) is 0.0145. The summed E-state index contributed by atoms with van der Waals surface area (Å²) in [6.45, 7) is 4.10. The lowest BCUT2D eigenvalue weighted by molar-refractivity contribution is -0.119. The van der Waals surface area contributed by atoms with Gasteiger partial charge in [-0.3, -0.25) is 4.79 Å². The highest BCUT2D eigenvalue weighted by Gasteiger charge is 2.10. The molecule has 13 heavy (non-hydrogen) atoms. The van der Waals surface area contributed by atoms with Crippen LogP contribution in [0.4, 0.5) is 0 Å². The van der Waals surface area contributed by atoms with Crippen molar-refractivity contribution in [3.63, 3.8) is 0 Å². The monoisotopic (exact) mass is 205 g/mol. The van der Waals surface area contributed by atoms with E-state index >= 15 is 0 Å². The minimum atomic E-state index is -1.03. The zero-order valence-electron chi connectivity index (χ0n) is 8.63. The highest BCUT2D eigenvalue weighted by Crippen LogP contribution is 1.99. The molecule has 1 amide bonds. The number of carbonyl (C=O) groups is 1. The third-order valence-electron chi connectivity index (χ3n) is 1.73. The van der Waals surface area contributed by atoms with E-state index in [1.165, 1.54) is 6.26 Å². The molecular weight excluding hydrogens is 186 g/mol. The number of hydrogen-bond donors (Lipinski definition) is 1. The van der Waals surface area contributed by atoms with Crippen LogP contribution in [-0.2, 0) is 16.0 Å². The quantitative estimate of drug-likeness (QED) is 0.659. The smallest absolute Gasteiger partial charge is 0.270 e. The van der Waals surface area contributed by atoms with Crippen molar-refractivity contribution in [2.45, 2.75) is 39.2 Å². The lowest BCUT2D eigenvalue weighted by atomic mass is 10.1. The van der Waals surface area contributed by atoms with E-state index in [0.717, 1.165) is 19.3 Å². The first-order valence-electron chi connectivity index (χ1n) is 4.65. The largest absolute Gasteiger partial charge is 0.616 e. The van der Waals surface area contributed by atoms with Gasteiger partial charge in [-0.1, -0.05) is 19.8 Å². The van der Waals surface area contributed by atoms with Crippen LogP contribution in [0.2, 0.25) is 0 Å². The van der Waals surface area contributed by atoms with Crippen molar-refractivity contribution < 1.29 is 9.35 Å². The van der Waals surface area contributed by atoms with Crippen molar-refractivity contribution in [3.05, 3.63) is 0 Å². The van der Waals surface area contributed by atoms with Crippen LogP contribution in [0.25, 0.3) is 0 Å². The van der Waals surface area contributed by atoms with Gasteiger partial charge in [0, 0.05) is 6.04 Å². The van der Waals surface area contributed by atoms with Gasteiger partial charge in [0.1, 0.15) is 0 Å². The Kier molecular flexibility index (Phi) is 7.09. The molecule has 78 valence electrons. The number of unbranched alkanes of at least 4 members (excludes halogenated alkanes) is 1. The van der Waals surface area contributed by atoms with Gasteiger partial charge in [0.25, 0.3) is 5.91 Å². The van der Waals surface area contributed by atoms with Gasteiger partial charge in [0.2, 0.25) is 0 Å². The summed E-state index contributed by atoms with van der Waals surface area (Å²) in [4.78, 5) is 11.1. The molecule has 0 spiro atoms. The second-order valence-corrected chi connectivity index (χ2v) is 4.76. The summed E-state index contributed by atoms with van der Waals surface area (Å²) in [6.07, 6.45) is 4.80. The number of carbonyl (C=O) groups excluding carboxylic acids is 1. The van der Waals surface area contributed by atoms with E-state index in [1.54, 1.807) is 0 Å². The van der Waals surface area contributed by atoms with Gasteiger partial charge in [-0.15, -0.1) is 0 Å². The first-order chi connectivity index (χ1) is 6.06. The number of rotatable bonds is 6. The van der Waals surface area contributed by atoms with Gasteiger partial charge >= 0.3 is 0 Å². The van der Waals surface area contributed by atoms with E-state index in [1.807, 2.05) is 6.92 Å². The molecule has 0 aromatic heterocycles. The van der Waals surface area contributed by atoms with Gasteiger partial charge in [-0.2, -0.15) is 0 Å². The Morgan fingerprint density at radius 2 is 2.23 bits per heavy atom. The summed E-state index contributed by atoms with van der Waals surface area (Å²) in [5.41, 5.74) is 0. The first kappa shape index (κ1) is 12.8. The van der Waals surface area contributed by atoms with Crippen LogP contribution < -0.4 is 5.32 Å². The van der Waals surface area contributed by atoms with Crippen molar-refractivity contribution in [3.8, 4) is 0 Å². The molecule has 0 aliphatic rings. The molecule has 0 aliphatic carbocycles. The Labute approximate surface area is 83.5 Å². The molecule has 1 N–H and O–H groups in total. The van der Waals surface area contributed by atoms with Crippen molar-refractivity contribution >= 4 is 17.1 Å². The lowest BCUT2D eigenvalue weighted by Crippen LogP contribution is -2.36. The highest BCUT2D eigenvalue weighted by atomic mass is 32.2. The molecule has 0 rings (SSSR count). The van der Waals surface area contributed by atoms with E-state index in [9.17, 15) is 9.35 Å². The normalized spacial score (nSPS) is 15.1. The summed E-state index contributed by atoms with van der Waals surface area (Å²) >= 11 is -1.03. The summed E-state index contributed by atoms with van der Waals surface area (Å²) in [5, 5.41) is 2.81. The topological polar surface area (TPSA) is 52.2 Å². The third-order valence-corrected chi connectivity index (χ3v) is 2.40. The van der Waals surface area contributed by atoms with E-state index < -0.39 is 11.2 Å². The van der Waals surface area contributed by atoms with Crippen LogP contribution in [0.5, 0.6) is 0 Å². The predicted octanol–water partition coefficient (Wildman–Crippen LogP) is 1.06. The molecule has 0 saturated carbocycles. The van der Waals surface area contributed by atoms with E-state index in [-0.39, 0.29) is 17.7 Å². The van der Waals surface area contributed by atoms with Crippen molar-refractivity contribution in [2.75, 3.05) is 12.0 Å². The second-order valence-electron chi connectivity index (χ2n) is 3.33. The molecule has 0 radical (unpaired) electrons. The number of hydrogen-bond acceptors (Lipinski definition) is 2. The van der Waals surface area contributed by atoms with Crippen LogP contribution in [0, 0.1) is 0 Å². The number of nitrogens with one attached hydrogen (secondary N) is 1. The van der Waals surface area contributed by atoms with E-state index in [0.29, 0.717) is 0 Å². The Morgan fingerprint density at radius 3 is 2.69 bits per heavy atom. The minimum absolute atomic E-state index is 0.107. The fourth-order valence-electron chi connectivity index (χ4n) is 1.08. The zero-order valence-corrected chi connectivity index (χ0v) is 9.45. The van der Waals surface area contributed by atoms with Gasteiger partial charge in [-0.05, 0) is 24.5 Å². The molecule has 0 aromatic rings. The fraction of sp³-hybridized carbons (Fsp3) is 0.889. The maximum atomic E-state index is 11.1. The van der Waals surface area contributed by atoms with Crippen LogP contribution in [0.1, 0.15) is 33.1 Å². The summed E-state index contributed by atoms with van der Waals surface area (Å²) in [7, 11) is 0. The van der Waals surface area contributed by atoms with Crippen molar-refractivity contribution in [2.24, 2.45) is 0 Å². The Balaban J connectivity index is 3.53. The van der Waals surface area contributed by atoms with Gasteiger partial charge in [0.05, 0.1) is 6.26 Å². The van der Waals surface area contributed by atoms with Crippen LogP contribution in [0.15, 0.2) is 0 Å². The second kappa shape index (κ2) is 7.21. The van der Waals surface area contributed by atoms with Crippen LogP contribution in [-0.4, -0.2) is 28.5 Å². The lowest BCUT2D eigenvalue weighted by Gasteiger charge is -2.13. The Hall–Kier alpha value is -0.220. The Morgan fingerprint density at radius 1 is 1.62 bits per heavy atom. The van der Waals surface area contributed by atoms with Gasteiger partial charge in [-0.25, -0.2) is 0 Å². The predicted molar refractivity (Wildman–Crippen MR) is 56.1 cm³/mol.